The summed E-state index contributed by atoms with van der Waals surface area (Å²) in [5.74, 6) is 1.52. The van der Waals surface area contributed by atoms with Crippen LogP contribution >= 0.6 is 11.8 Å². The first-order chi connectivity index (χ1) is 15.0. The van der Waals surface area contributed by atoms with E-state index in [2.05, 4.69) is 60.2 Å². The van der Waals surface area contributed by atoms with E-state index in [1.54, 1.807) is 4.52 Å². The van der Waals surface area contributed by atoms with Gasteiger partial charge in [-0.2, -0.15) is 14.6 Å². The van der Waals surface area contributed by atoms with E-state index in [4.69, 9.17) is 0 Å². The number of ketones is 1. The molecule has 0 saturated carbocycles. The largest absolute Gasteiger partial charge is 0.350 e. The van der Waals surface area contributed by atoms with Crippen molar-refractivity contribution >= 4 is 29.1 Å². The molecular formula is C24H33N5OS. The summed E-state index contributed by atoms with van der Waals surface area (Å²) in [5.41, 5.74) is 4.14. The fourth-order valence-electron chi connectivity index (χ4n) is 3.81. The van der Waals surface area contributed by atoms with E-state index in [1.807, 2.05) is 24.6 Å². The molecule has 1 N–H and O–H groups in total. The van der Waals surface area contributed by atoms with Crippen LogP contribution in [0.25, 0.3) is 5.65 Å². The van der Waals surface area contributed by atoms with Crippen LogP contribution in [0.3, 0.4) is 0 Å². The summed E-state index contributed by atoms with van der Waals surface area (Å²) < 4.78 is 1.78. The van der Waals surface area contributed by atoms with Crippen LogP contribution in [-0.4, -0.2) is 31.6 Å². The molecule has 0 aliphatic carbocycles. The molecule has 166 valence electrons. The average Bonchev–Trinajstić information content (AvgIpc) is 3.20. The van der Waals surface area contributed by atoms with Crippen LogP contribution in [0.5, 0.6) is 0 Å². The third-order valence-electron chi connectivity index (χ3n) is 5.59. The molecule has 0 saturated heterocycles. The molecule has 1 aromatic carbocycles. The van der Waals surface area contributed by atoms with E-state index in [-0.39, 0.29) is 5.92 Å². The lowest BCUT2D eigenvalue weighted by Crippen LogP contribution is -2.16. The molecule has 0 aliphatic rings. The first-order valence-electron chi connectivity index (χ1n) is 11.1. The maximum absolute atomic E-state index is 12.7. The zero-order chi connectivity index (χ0) is 22.4. The van der Waals surface area contributed by atoms with Crippen LogP contribution in [0, 0.1) is 5.92 Å². The fraction of sp³-hybridized carbons (Fsp3) is 0.500. The highest BCUT2D eigenvalue weighted by molar-refractivity contribution is 7.98. The number of hydrogen-bond donors (Lipinski definition) is 1. The van der Waals surface area contributed by atoms with Gasteiger partial charge < -0.3 is 5.32 Å². The van der Waals surface area contributed by atoms with Crippen LogP contribution in [0.2, 0.25) is 0 Å². The summed E-state index contributed by atoms with van der Waals surface area (Å²) in [4.78, 5) is 21.9. The number of nitrogens with one attached hydrogen (secondary N) is 1. The Balaban J connectivity index is 1.77. The number of thioether (sulfide) groups is 1. The van der Waals surface area contributed by atoms with Crippen molar-refractivity contribution in [2.75, 3.05) is 11.6 Å². The number of rotatable bonds is 11. The summed E-state index contributed by atoms with van der Waals surface area (Å²) in [6, 6.07) is 8.24. The number of fused-ring (bicyclic) bond motifs is 1. The predicted octanol–water partition coefficient (Wildman–Crippen LogP) is 5.52. The Hall–Kier alpha value is -2.41. The first-order valence-corrected chi connectivity index (χ1v) is 12.3. The minimum atomic E-state index is 0.168. The van der Waals surface area contributed by atoms with Crippen LogP contribution < -0.4 is 5.32 Å². The number of hydrogen-bond acceptors (Lipinski definition) is 6. The van der Waals surface area contributed by atoms with Gasteiger partial charge in [0.1, 0.15) is 5.78 Å². The van der Waals surface area contributed by atoms with Crippen molar-refractivity contribution in [3.63, 3.8) is 0 Å². The van der Waals surface area contributed by atoms with Crippen LogP contribution in [-0.2, 0) is 17.8 Å². The minimum Gasteiger partial charge on any atom is -0.350 e. The molecule has 31 heavy (non-hydrogen) atoms. The van der Waals surface area contributed by atoms with Crippen molar-refractivity contribution in [2.24, 2.45) is 5.92 Å². The highest BCUT2D eigenvalue weighted by Gasteiger charge is 2.17. The van der Waals surface area contributed by atoms with E-state index in [0.29, 0.717) is 30.6 Å². The zero-order valence-electron chi connectivity index (χ0n) is 19.2. The van der Waals surface area contributed by atoms with Crippen molar-refractivity contribution in [1.82, 2.24) is 19.6 Å². The molecule has 0 amide bonds. The zero-order valence-corrected chi connectivity index (χ0v) is 20.0. The van der Waals surface area contributed by atoms with Gasteiger partial charge in [0, 0.05) is 24.4 Å². The molecule has 3 rings (SSSR count). The van der Waals surface area contributed by atoms with Gasteiger partial charge >= 0.3 is 0 Å². The number of benzene rings is 1. The highest BCUT2D eigenvalue weighted by Crippen LogP contribution is 2.23. The standard InChI is InChI=1S/C24H33N5OS/c1-6-9-19(7-2)21(30)13-17-10-8-11-18(12-17)14-25-23-28-24(31-5)27-22-20(16(3)4)15-26-29(22)23/h8,10-12,15-16,19H,6-7,9,13-14H2,1-5H3,(H,25,27,28). The van der Waals surface area contributed by atoms with Crippen molar-refractivity contribution in [1.29, 1.82) is 0 Å². The SMILES string of the molecule is CCCC(CC)C(=O)Cc1cccc(CNc2nc(SC)nc3c(C(C)C)cnn23)c1. The van der Waals surface area contributed by atoms with Gasteiger partial charge in [0.05, 0.1) is 6.20 Å². The predicted molar refractivity (Wildman–Crippen MR) is 128 cm³/mol. The molecule has 0 radical (unpaired) electrons. The molecule has 1 unspecified atom stereocenters. The van der Waals surface area contributed by atoms with Crippen molar-refractivity contribution in [3.8, 4) is 0 Å². The molecule has 2 aromatic heterocycles. The topological polar surface area (TPSA) is 72.2 Å². The lowest BCUT2D eigenvalue weighted by atomic mass is 9.91. The number of Topliss-reactive ketones (excluding diaryl/α,β-unsaturated/α-hetero) is 1. The Kier molecular flexibility index (Phi) is 8.07. The van der Waals surface area contributed by atoms with E-state index >= 15 is 0 Å². The van der Waals surface area contributed by atoms with Gasteiger partial charge in [0.25, 0.3) is 0 Å². The second-order valence-electron chi connectivity index (χ2n) is 8.23. The van der Waals surface area contributed by atoms with E-state index < -0.39 is 0 Å². The quantitative estimate of drug-likeness (QED) is 0.397. The highest BCUT2D eigenvalue weighted by atomic mass is 32.2. The summed E-state index contributed by atoms with van der Waals surface area (Å²) >= 11 is 1.52. The molecule has 0 aliphatic heterocycles. The molecule has 2 heterocycles. The van der Waals surface area contributed by atoms with Crippen molar-refractivity contribution < 1.29 is 4.79 Å². The molecular weight excluding hydrogens is 406 g/mol. The second kappa shape index (κ2) is 10.8. The molecule has 0 spiro atoms. The van der Waals surface area contributed by atoms with E-state index in [1.165, 1.54) is 11.8 Å². The minimum absolute atomic E-state index is 0.168. The van der Waals surface area contributed by atoms with Crippen LogP contribution in [0.4, 0.5) is 5.95 Å². The van der Waals surface area contributed by atoms with Gasteiger partial charge in [-0.15, -0.1) is 0 Å². The monoisotopic (exact) mass is 439 g/mol. The van der Waals surface area contributed by atoms with Gasteiger partial charge in [-0.25, -0.2) is 4.98 Å². The number of nitrogens with zero attached hydrogens (tertiary/aromatic N) is 4. The van der Waals surface area contributed by atoms with Crippen molar-refractivity contribution in [2.45, 2.75) is 71.0 Å². The maximum atomic E-state index is 12.7. The Morgan fingerprint density at radius 1 is 1.19 bits per heavy atom. The molecule has 6 nitrogen and oxygen atoms in total. The first kappa shape index (κ1) is 23.3. The number of carbonyl (C=O) groups is 1. The Morgan fingerprint density at radius 2 is 1.97 bits per heavy atom. The molecule has 1 atom stereocenters. The van der Waals surface area contributed by atoms with E-state index in [0.717, 1.165) is 46.8 Å². The number of anilines is 1. The summed E-state index contributed by atoms with van der Waals surface area (Å²) in [6.45, 7) is 9.12. The number of carbonyl (C=O) groups excluding carboxylic acids is 1. The smallest absolute Gasteiger partial charge is 0.228 e. The van der Waals surface area contributed by atoms with Gasteiger partial charge in [-0.1, -0.05) is 70.1 Å². The summed E-state index contributed by atoms with van der Waals surface area (Å²) in [7, 11) is 0. The normalized spacial score (nSPS) is 12.5. The lowest BCUT2D eigenvalue weighted by molar-refractivity contribution is -0.122. The molecule has 0 fully saturated rings. The average molecular weight is 440 g/mol. The third kappa shape index (κ3) is 5.64. The van der Waals surface area contributed by atoms with Gasteiger partial charge in [0.15, 0.2) is 10.8 Å². The fourth-order valence-corrected chi connectivity index (χ4v) is 4.16. The van der Waals surface area contributed by atoms with E-state index in [9.17, 15) is 4.79 Å². The van der Waals surface area contributed by atoms with Gasteiger partial charge in [-0.05, 0) is 36.1 Å². The number of aromatic nitrogens is 4. The van der Waals surface area contributed by atoms with Crippen LogP contribution in [0.1, 0.15) is 69.6 Å². The Labute approximate surface area is 189 Å². The van der Waals surface area contributed by atoms with Gasteiger partial charge in [0.2, 0.25) is 5.95 Å². The summed E-state index contributed by atoms with van der Waals surface area (Å²) in [5, 5.41) is 8.64. The Morgan fingerprint density at radius 3 is 2.65 bits per heavy atom. The summed E-state index contributed by atoms with van der Waals surface area (Å²) in [6.07, 6.45) is 7.28. The molecule has 3 aromatic rings. The maximum Gasteiger partial charge on any atom is 0.228 e. The molecule has 7 heteroatoms. The second-order valence-corrected chi connectivity index (χ2v) is 9.01. The Bertz CT molecular complexity index is 1030. The molecule has 0 bridgehead atoms. The van der Waals surface area contributed by atoms with Gasteiger partial charge in [-0.3, -0.25) is 4.79 Å². The third-order valence-corrected chi connectivity index (χ3v) is 6.13. The van der Waals surface area contributed by atoms with Crippen molar-refractivity contribution in [3.05, 3.63) is 47.2 Å². The lowest BCUT2D eigenvalue weighted by Gasteiger charge is -2.13. The van der Waals surface area contributed by atoms with Crippen LogP contribution in [0.15, 0.2) is 35.6 Å².